The summed E-state index contributed by atoms with van der Waals surface area (Å²) in [5.41, 5.74) is 8.52. The van der Waals surface area contributed by atoms with Gasteiger partial charge in [-0.2, -0.15) is 10.2 Å². The Morgan fingerprint density at radius 3 is 2.29 bits per heavy atom. The number of phenolic OH excluding ortho intramolecular Hbond substituents is 1. The van der Waals surface area contributed by atoms with Crippen molar-refractivity contribution in [2.24, 2.45) is 5.41 Å². The number of aliphatic hydroxyl groups is 1. The van der Waals surface area contributed by atoms with Gasteiger partial charge in [-0.05, 0) is 91.6 Å². The summed E-state index contributed by atoms with van der Waals surface area (Å²) in [5.74, 6) is -0.459. The van der Waals surface area contributed by atoms with Gasteiger partial charge in [-0.3, -0.25) is 19.3 Å². The number of amides is 3. The van der Waals surface area contributed by atoms with E-state index in [0.29, 0.717) is 17.2 Å². The van der Waals surface area contributed by atoms with Crippen molar-refractivity contribution in [3.8, 4) is 38.6 Å². The van der Waals surface area contributed by atoms with Crippen LogP contribution in [-0.4, -0.2) is 97.3 Å². The van der Waals surface area contributed by atoms with E-state index in [9.17, 15) is 24.6 Å². The molecular formula is C46H53N7O5S. The summed E-state index contributed by atoms with van der Waals surface area (Å²) < 4.78 is 0. The van der Waals surface area contributed by atoms with E-state index in [1.54, 1.807) is 29.7 Å². The topological polar surface area (TPSA) is 161 Å². The largest absolute Gasteiger partial charge is 0.507 e. The number of likely N-dealkylation sites (tertiary alicyclic amines) is 2. The lowest BCUT2D eigenvalue weighted by atomic mass is 9.85. The van der Waals surface area contributed by atoms with Gasteiger partial charge in [0.15, 0.2) is 0 Å². The molecule has 308 valence electrons. The summed E-state index contributed by atoms with van der Waals surface area (Å²) in [7, 11) is 0. The number of phenols is 1. The minimum absolute atomic E-state index is 0.0177. The zero-order chi connectivity index (χ0) is 41.8. The van der Waals surface area contributed by atoms with Gasteiger partial charge in [0.2, 0.25) is 17.7 Å². The summed E-state index contributed by atoms with van der Waals surface area (Å²) in [6.07, 6.45) is 2.77. The fraction of sp³-hybridized carbons (Fsp3) is 0.391. The number of aliphatic hydroxyl groups excluding tert-OH is 1. The number of aryl methyl sites for hydroxylation is 1. The molecule has 0 unspecified atom stereocenters. The summed E-state index contributed by atoms with van der Waals surface area (Å²) >= 11 is 1.58. The van der Waals surface area contributed by atoms with E-state index >= 15 is 0 Å². The second-order valence-corrected chi connectivity index (χ2v) is 17.8. The molecule has 0 saturated carbocycles. The van der Waals surface area contributed by atoms with Crippen molar-refractivity contribution in [1.82, 2.24) is 35.6 Å². The second-order valence-electron chi connectivity index (χ2n) is 16.9. The minimum Gasteiger partial charge on any atom is -0.507 e. The highest BCUT2D eigenvalue weighted by Crippen LogP contribution is 2.33. The zero-order valence-electron chi connectivity index (χ0n) is 34.3. The Morgan fingerprint density at radius 2 is 1.63 bits per heavy atom. The summed E-state index contributed by atoms with van der Waals surface area (Å²) in [4.78, 5) is 50.5. The van der Waals surface area contributed by atoms with Crippen molar-refractivity contribution in [2.75, 3.05) is 26.2 Å². The Balaban J connectivity index is 0.924. The van der Waals surface area contributed by atoms with E-state index in [-0.39, 0.29) is 49.0 Å². The van der Waals surface area contributed by atoms with Gasteiger partial charge in [0.25, 0.3) is 0 Å². The van der Waals surface area contributed by atoms with E-state index < -0.39 is 23.6 Å². The van der Waals surface area contributed by atoms with Crippen molar-refractivity contribution in [1.29, 1.82) is 0 Å². The number of nitrogens with zero attached hydrogens (tertiary/aromatic N) is 5. The predicted octanol–water partition coefficient (Wildman–Crippen LogP) is 6.50. The van der Waals surface area contributed by atoms with Crippen LogP contribution in [0.25, 0.3) is 32.8 Å². The van der Waals surface area contributed by atoms with Gasteiger partial charge < -0.3 is 25.7 Å². The van der Waals surface area contributed by atoms with Gasteiger partial charge in [-0.1, -0.05) is 81.4 Å². The number of aromatic nitrogens is 3. The van der Waals surface area contributed by atoms with Gasteiger partial charge in [0, 0.05) is 24.1 Å². The highest BCUT2D eigenvalue weighted by Gasteiger charge is 2.45. The van der Waals surface area contributed by atoms with Gasteiger partial charge in [-0.15, -0.1) is 11.3 Å². The van der Waals surface area contributed by atoms with E-state index in [4.69, 9.17) is 0 Å². The molecule has 13 heteroatoms. The van der Waals surface area contributed by atoms with E-state index in [0.717, 1.165) is 58.8 Å². The van der Waals surface area contributed by atoms with Crippen molar-refractivity contribution < 1.29 is 24.6 Å². The Hall–Kier alpha value is -5.50. The molecule has 3 amide bonds. The highest BCUT2D eigenvalue weighted by atomic mass is 32.1. The molecule has 0 spiro atoms. The number of hydrogen-bond acceptors (Lipinski definition) is 10. The lowest BCUT2D eigenvalue weighted by Gasteiger charge is -2.36. The third-order valence-corrected chi connectivity index (χ3v) is 12.5. The fourth-order valence-corrected chi connectivity index (χ4v) is 8.96. The molecule has 2 aliphatic rings. The molecule has 4 N–H and O–H groups in total. The molecule has 3 aromatic carbocycles. The number of carbonyl (C=O) groups excluding carboxylic acids is 3. The molecule has 2 fully saturated rings. The number of carbonyl (C=O) groups is 3. The van der Waals surface area contributed by atoms with Crippen molar-refractivity contribution in [3.05, 3.63) is 107 Å². The summed E-state index contributed by atoms with van der Waals surface area (Å²) in [6, 6.07) is 23.4. The third kappa shape index (κ3) is 9.70. The molecule has 7 rings (SSSR count). The maximum atomic E-state index is 14.2. The highest BCUT2D eigenvalue weighted by molar-refractivity contribution is 7.13. The number of nitrogens with one attached hydrogen (secondary N) is 2. The Morgan fingerprint density at radius 1 is 0.932 bits per heavy atom. The predicted molar refractivity (Wildman–Crippen MR) is 229 cm³/mol. The molecule has 4 heterocycles. The van der Waals surface area contributed by atoms with Crippen LogP contribution in [0.2, 0.25) is 0 Å². The maximum Gasteiger partial charge on any atom is 0.246 e. The molecule has 0 aliphatic carbocycles. The first kappa shape index (κ1) is 41.7. The van der Waals surface area contributed by atoms with Crippen LogP contribution in [0.4, 0.5) is 0 Å². The first-order chi connectivity index (χ1) is 28.2. The molecule has 2 aromatic heterocycles. The Kier molecular flexibility index (Phi) is 12.6. The lowest BCUT2D eigenvalue weighted by Crippen LogP contribution is -2.59. The number of β-amino-alcohol motifs (C(OH)–C–C–N with tert-alkyl or cyclic N) is 1. The SMILES string of the molecule is Cc1ncsc1-c1ccc([C@H](C)NC(=O)[C@@H]2C[C@@H](O)CN2C(=O)[C@@H](NC(=O)CN2CCC(c3ccc(-c4cnnc(-c5ccccc5O)c4)cc3)CC2)C(C)(C)C)cc1. The molecule has 2 aliphatic heterocycles. The normalized spacial score (nSPS) is 18.6. The number of hydrogen-bond donors (Lipinski definition) is 4. The van der Waals surface area contributed by atoms with Crippen LogP contribution in [0.1, 0.15) is 75.7 Å². The first-order valence-corrected chi connectivity index (χ1v) is 21.2. The molecule has 12 nitrogen and oxygen atoms in total. The van der Waals surface area contributed by atoms with E-state index in [1.807, 2.05) is 82.6 Å². The fourth-order valence-electron chi connectivity index (χ4n) is 8.14. The summed E-state index contributed by atoms with van der Waals surface area (Å²) in [6.45, 7) is 11.2. The van der Waals surface area contributed by atoms with Crippen LogP contribution in [-0.2, 0) is 14.4 Å². The number of thiazole rings is 1. The van der Waals surface area contributed by atoms with Gasteiger partial charge in [0.05, 0.1) is 46.7 Å². The Bertz CT molecular complexity index is 2260. The molecule has 5 aromatic rings. The number of rotatable bonds is 11. The average molecular weight is 816 g/mol. The molecule has 4 atom stereocenters. The van der Waals surface area contributed by atoms with Crippen LogP contribution < -0.4 is 10.6 Å². The summed E-state index contributed by atoms with van der Waals surface area (Å²) in [5, 5.41) is 35.4. The van der Waals surface area contributed by atoms with Crippen LogP contribution >= 0.6 is 11.3 Å². The average Bonchev–Trinajstić information content (AvgIpc) is 3.85. The smallest absolute Gasteiger partial charge is 0.246 e. The van der Waals surface area contributed by atoms with E-state index in [2.05, 4.69) is 55.0 Å². The van der Waals surface area contributed by atoms with Crippen molar-refractivity contribution in [3.63, 3.8) is 0 Å². The number of piperidine rings is 1. The van der Waals surface area contributed by atoms with Gasteiger partial charge in [-0.25, -0.2) is 4.98 Å². The van der Waals surface area contributed by atoms with E-state index in [1.165, 1.54) is 10.5 Å². The van der Waals surface area contributed by atoms with Crippen molar-refractivity contribution in [2.45, 2.75) is 84.0 Å². The molecule has 59 heavy (non-hydrogen) atoms. The Labute approximate surface area is 349 Å². The zero-order valence-corrected chi connectivity index (χ0v) is 35.1. The monoisotopic (exact) mass is 815 g/mol. The lowest BCUT2D eigenvalue weighted by molar-refractivity contribution is -0.144. The maximum absolute atomic E-state index is 14.2. The molecular weight excluding hydrogens is 763 g/mol. The van der Waals surface area contributed by atoms with Gasteiger partial charge >= 0.3 is 0 Å². The number of benzene rings is 3. The molecule has 0 radical (unpaired) electrons. The number of aromatic hydroxyl groups is 1. The van der Waals surface area contributed by atoms with Gasteiger partial charge in [0.1, 0.15) is 17.8 Å². The first-order valence-electron chi connectivity index (χ1n) is 20.3. The van der Waals surface area contributed by atoms with Crippen LogP contribution in [0, 0.1) is 12.3 Å². The number of para-hydroxylation sites is 1. The molecule has 0 bridgehead atoms. The van der Waals surface area contributed by atoms with Crippen LogP contribution in [0.15, 0.2) is 90.6 Å². The molecule has 2 saturated heterocycles. The standard InChI is InChI=1S/C46H53N7O5S/c1-28(30-10-16-34(17-11-30)42-29(2)47-27-59-42)49-44(57)39-23-36(54)25-53(39)45(58)43(46(3,4)5)50-41(56)26-52-20-18-33(19-21-52)31-12-14-32(15-13-31)35-22-38(51-48-24-35)37-8-6-7-9-40(37)55/h6-17,22,24,27-28,33,36,39,43,54-55H,18-21,23,25-26H2,1-5H3,(H,49,57)(H,50,56)/t28-,36+,39-,43+/m0/s1. The van der Waals surface area contributed by atoms with Crippen molar-refractivity contribution >= 4 is 29.1 Å². The van der Waals surface area contributed by atoms with Crippen LogP contribution in [0.5, 0.6) is 5.75 Å². The second kappa shape index (κ2) is 17.8. The quantitative estimate of drug-likeness (QED) is 0.117. The minimum atomic E-state index is -0.892. The third-order valence-electron chi connectivity index (χ3n) is 11.6. The van der Waals surface area contributed by atoms with Crippen LogP contribution in [0.3, 0.4) is 0 Å².